The van der Waals surface area contributed by atoms with E-state index in [4.69, 9.17) is 5.11 Å². The molecule has 1 aromatic heterocycles. The molecule has 3 heteroatoms. The van der Waals surface area contributed by atoms with E-state index in [1.165, 1.54) is 11.1 Å². The van der Waals surface area contributed by atoms with E-state index in [2.05, 4.69) is 11.1 Å². The number of aromatic carboxylic acids is 1. The third-order valence-electron chi connectivity index (χ3n) is 3.85. The van der Waals surface area contributed by atoms with E-state index in [0.29, 0.717) is 11.5 Å². The van der Waals surface area contributed by atoms with Crippen molar-refractivity contribution in [2.75, 3.05) is 0 Å². The molecule has 0 saturated carbocycles. The highest BCUT2D eigenvalue weighted by molar-refractivity contribution is 5.87. The van der Waals surface area contributed by atoms with Crippen LogP contribution in [-0.2, 0) is 6.42 Å². The molecule has 1 atom stereocenters. The van der Waals surface area contributed by atoms with E-state index >= 15 is 0 Å². The van der Waals surface area contributed by atoms with Gasteiger partial charge in [-0.05, 0) is 54.7 Å². The normalized spacial score (nSPS) is 17.2. The van der Waals surface area contributed by atoms with Crippen LogP contribution in [0.1, 0.15) is 45.1 Å². The Kier molecular flexibility index (Phi) is 2.82. The Morgan fingerprint density at radius 3 is 2.95 bits per heavy atom. The van der Waals surface area contributed by atoms with Crippen molar-refractivity contribution >= 4 is 5.97 Å². The van der Waals surface area contributed by atoms with Crippen molar-refractivity contribution in [3.63, 3.8) is 0 Å². The molecule has 1 aromatic carbocycles. The van der Waals surface area contributed by atoms with E-state index in [9.17, 15) is 4.79 Å². The van der Waals surface area contributed by atoms with Crippen LogP contribution in [0.15, 0.2) is 36.5 Å². The largest absolute Gasteiger partial charge is 0.478 e. The number of benzene rings is 1. The van der Waals surface area contributed by atoms with Gasteiger partial charge in [-0.3, -0.25) is 4.98 Å². The van der Waals surface area contributed by atoms with Crippen LogP contribution in [0.25, 0.3) is 0 Å². The molecule has 0 saturated heterocycles. The fourth-order valence-electron chi connectivity index (χ4n) is 2.92. The van der Waals surface area contributed by atoms with Crippen LogP contribution in [0, 0.1) is 6.92 Å². The number of pyridine rings is 1. The monoisotopic (exact) mass is 253 g/mol. The summed E-state index contributed by atoms with van der Waals surface area (Å²) in [4.78, 5) is 15.5. The Balaban J connectivity index is 2.03. The SMILES string of the molecule is Cc1cc(C(=O)O)ccc1C1CCc2cccnc21. The van der Waals surface area contributed by atoms with E-state index in [0.717, 1.165) is 24.1 Å². The molecule has 0 fully saturated rings. The maximum Gasteiger partial charge on any atom is 0.335 e. The van der Waals surface area contributed by atoms with Crippen LogP contribution in [0.5, 0.6) is 0 Å². The van der Waals surface area contributed by atoms with Crippen LogP contribution < -0.4 is 0 Å². The molecule has 1 aliphatic rings. The minimum Gasteiger partial charge on any atom is -0.478 e. The fraction of sp³-hybridized carbons (Fsp3) is 0.250. The Morgan fingerprint density at radius 2 is 2.21 bits per heavy atom. The molecule has 2 aromatic rings. The number of hydrogen-bond acceptors (Lipinski definition) is 2. The highest BCUT2D eigenvalue weighted by Gasteiger charge is 2.26. The third-order valence-corrected chi connectivity index (χ3v) is 3.85. The Bertz CT molecular complexity index is 649. The number of nitrogens with zero attached hydrogens (tertiary/aromatic N) is 1. The van der Waals surface area contributed by atoms with Crippen LogP contribution >= 0.6 is 0 Å². The minimum atomic E-state index is -0.875. The Morgan fingerprint density at radius 1 is 1.37 bits per heavy atom. The summed E-state index contributed by atoms with van der Waals surface area (Å²) in [6, 6.07) is 9.47. The Labute approximate surface area is 111 Å². The molecule has 3 rings (SSSR count). The summed E-state index contributed by atoms with van der Waals surface area (Å²) in [5.74, 6) is -0.571. The lowest BCUT2D eigenvalue weighted by Gasteiger charge is -2.14. The summed E-state index contributed by atoms with van der Waals surface area (Å²) in [7, 11) is 0. The average Bonchev–Trinajstić information content (AvgIpc) is 2.82. The molecule has 1 N–H and O–H groups in total. The zero-order valence-corrected chi connectivity index (χ0v) is 10.8. The van der Waals surface area contributed by atoms with Crippen molar-refractivity contribution in [3.8, 4) is 0 Å². The van der Waals surface area contributed by atoms with Gasteiger partial charge in [-0.15, -0.1) is 0 Å². The number of hydrogen-bond donors (Lipinski definition) is 1. The minimum absolute atomic E-state index is 0.305. The number of carboxylic acid groups (broad SMARTS) is 1. The zero-order chi connectivity index (χ0) is 13.4. The molecule has 0 amide bonds. The average molecular weight is 253 g/mol. The van der Waals surface area contributed by atoms with E-state index < -0.39 is 5.97 Å². The molecular weight excluding hydrogens is 238 g/mol. The van der Waals surface area contributed by atoms with Crippen molar-refractivity contribution in [2.24, 2.45) is 0 Å². The number of carbonyl (C=O) groups is 1. The summed E-state index contributed by atoms with van der Waals surface area (Å²) >= 11 is 0. The van der Waals surface area contributed by atoms with Gasteiger partial charge in [-0.2, -0.15) is 0 Å². The van der Waals surface area contributed by atoms with Crippen LogP contribution in [0.4, 0.5) is 0 Å². The first-order valence-electron chi connectivity index (χ1n) is 6.44. The molecule has 1 heterocycles. The zero-order valence-electron chi connectivity index (χ0n) is 10.8. The van der Waals surface area contributed by atoms with Gasteiger partial charge in [0.2, 0.25) is 0 Å². The van der Waals surface area contributed by atoms with Crippen LogP contribution in [0.3, 0.4) is 0 Å². The standard InChI is InChI=1S/C16H15NO2/c1-10-9-12(16(18)19)5-6-13(10)14-7-4-11-3-2-8-17-15(11)14/h2-3,5-6,8-9,14H,4,7H2,1H3,(H,18,19). The Hall–Kier alpha value is -2.16. The molecule has 0 radical (unpaired) electrons. The highest BCUT2D eigenvalue weighted by Crippen LogP contribution is 2.37. The molecule has 0 spiro atoms. The lowest BCUT2D eigenvalue weighted by atomic mass is 9.91. The molecule has 0 bridgehead atoms. The van der Waals surface area contributed by atoms with Crippen LogP contribution in [0.2, 0.25) is 0 Å². The van der Waals surface area contributed by atoms with Gasteiger partial charge in [-0.1, -0.05) is 12.1 Å². The maximum atomic E-state index is 11.0. The van der Waals surface area contributed by atoms with Gasteiger partial charge in [0.05, 0.1) is 11.3 Å². The number of rotatable bonds is 2. The van der Waals surface area contributed by atoms with Gasteiger partial charge in [0.25, 0.3) is 0 Å². The fourth-order valence-corrected chi connectivity index (χ4v) is 2.92. The molecule has 1 aliphatic carbocycles. The quantitative estimate of drug-likeness (QED) is 0.894. The second-order valence-corrected chi connectivity index (χ2v) is 5.02. The van der Waals surface area contributed by atoms with E-state index in [1.807, 2.05) is 25.3 Å². The second-order valence-electron chi connectivity index (χ2n) is 5.02. The van der Waals surface area contributed by atoms with Crippen molar-refractivity contribution in [1.82, 2.24) is 4.98 Å². The first-order valence-corrected chi connectivity index (χ1v) is 6.44. The predicted octanol–water partition coefficient (Wildman–Crippen LogP) is 3.17. The summed E-state index contributed by atoms with van der Waals surface area (Å²) < 4.78 is 0. The molecule has 3 nitrogen and oxygen atoms in total. The molecule has 1 unspecified atom stereocenters. The first kappa shape index (κ1) is 11.9. The number of aromatic nitrogens is 1. The predicted molar refractivity (Wildman–Crippen MR) is 72.5 cm³/mol. The molecule has 96 valence electrons. The van der Waals surface area contributed by atoms with Gasteiger partial charge in [-0.25, -0.2) is 4.79 Å². The highest BCUT2D eigenvalue weighted by atomic mass is 16.4. The third kappa shape index (κ3) is 2.01. The van der Waals surface area contributed by atoms with E-state index in [-0.39, 0.29) is 0 Å². The smallest absolute Gasteiger partial charge is 0.335 e. The summed E-state index contributed by atoms with van der Waals surface area (Å²) in [5, 5.41) is 9.01. The maximum absolute atomic E-state index is 11.0. The van der Waals surface area contributed by atoms with Crippen molar-refractivity contribution in [1.29, 1.82) is 0 Å². The molecule has 19 heavy (non-hydrogen) atoms. The van der Waals surface area contributed by atoms with Crippen molar-refractivity contribution in [3.05, 3.63) is 64.5 Å². The number of aryl methyl sites for hydroxylation is 2. The van der Waals surface area contributed by atoms with Crippen LogP contribution in [-0.4, -0.2) is 16.1 Å². The van der Waals surface area contributed by atoms with Gasteiger partial charge in [0.1, 0.15) is 0 Å². The summed E-state index contributed by atoms with van der Waals surface area (Å²) in [6.45, 7) is 1.97. The topological polar surface area (TPSA) is 50.2 Å². The second kappa shape index (κ2) is 4.50. The lowest BCUT2D eigenvalue weighted by Crippen LogP contribution is -2.04. The number of carboxylic acids is 1. The first-order chi connectivity index (χ1) is 9.16. The summed E-state index contributed by atoms with van der Waals surface area (Å²) in [5.41, 5.74) is 5.04. The molecule has 0 aliphatic heterocycles. The van der Waals surface area contributed by atoms with Gasteiger partial charge in [0.15, 0.2) is 0 Å². The van der Waals surface area contributed by atoms with Gasteiger partial charge in [0, 0.05) is 12.1 Å². The van der Waals surface area contributed by atoms with Crippen molar-refractivity contribution in [2.45, 2.75) is 25.7 Å². The van der Waals surface area contributed by atoms with Gasteiger partial charge >= 0.3 is 5.97 Å². The summed E-state index contributed by atoms with van der Waals surface area (Å²) in [6.07, 6.45) is 3.94. The molecular formula is C16H15NO2. The van der Waals surface area contributed by atoms with Crippen molar-refractivity contribution < 1.29 is 9.90 Å². The van der Waals surface area contributed by atoms with Gasteiger partial charge < -0.3 is 5.11 Å². The van der Waals surface area contributed by atoms with E-state index in [1.54, 1.807) is 12.1 Å². The number of fused-ring (bicyclic) bond motifs is 1. The lowest BCUT2D eigenvalue weighted by molar-refractivity contribution is 0.0697.